The maximum Gasteiger partial charge on any atom is 0.0108 e. The molecule has 0 unspecified atom stereocenters. The van der Waals surface area contributed by atoms with E-state index in [0.29, 0.717) is 0 Å². The Morgan fingerprint density at radius 1 is 0.905 bits per heavy atom. The van der Waals surface area contributed by atoms with Crippen LogP contribution in [0.1, 0.15) is 55.6 Å². The number of hydrogen-bond acceptors (Lipinski definition) is 2. The van der Waals surface area contributed by atoms with Crippen molar-refractivity contribution in [2.24, 2.45) is 0 Å². The fraction of sp³-hybridized carbons (Fsp3) is 0.684. The number of rotatable bonds is 4. The Kier molecular flexibility index (Phi) is 5.70. The molecule has 0 atom stereocenters. The highest BCUT2D eigenvalue weighted by atomic mass is 15.2. The highest BCUT2D eigenvalue weighted by Gasteiger charge is 2.14. The third-order valence-corrected chi connectivity index (χ3v) is 5.23. The van der Waals surface area contributed by atoms with Crippen molar-refractivity contribution in [2.45, 2.75) is 50.9 Å². The van der Waals surface area contributed by atoms with Crippen LogP contribution in [0.5, 0.6) is 0 Å². The first-order chi connectivity index (χ1) is 10.4. The molecule has 0 aromatic heterocycles. The van der Waals surface area contributed by atoms with Gasteiger partial charge in [-0.15, -0.1) is 0 Å². The number of hydrogen-bond donors (Lipinski definition) is 1. The predicted molar refractivity (Wildman–Crippen MR) is 89.9 cm³/mol. The number of benzene rings is 1. The summed E-state index contributed by atoms with van der Waals surface area (Å²) < 4.78 is 0. The zero-order valence-corrected chi connectivity index (χ0v) is 13.3. The third-order valence-electron chi connectivity index (χ3n) is 5.23. The molecule has 1 aliphatic carbocycles. The molecular formula is C19H30N2. The van der Waals surface area contributed by atoms with Gasteiger partial charge in [-0.25, -0.2) is 0 Å². The van der Waals surface area contributed by atoms with Crippen LogP contribution in [-0.4, -0.2) is 37.6 Å². The molecule has 2 fully saturated rings. The van der Waals surface area contributed by atoms with Gasteiger partial charge in [0.15, 0.2) is 0 Å². The van der Waals surface area contributed by atoms with Crippen molar-refractivity contribution < 1.29 is 0 Å². The van der Waals surface area contributed by atoms with Crippen LogP contribution in [0.25, 0.3) is 0 Å². The van der Waals surface area contributed by atoms with Crippen molar-refractivity contribution in [2.75, 3.05) is 32.7 Å². The maximum absolute atomic E-state index is 3.42. The SMILES string of the molecule is c1cc(C2CCCCCC2)ccc1CCN1CCNCC1. The molecule has 1 heterocycles. The Hall–Kier alpha value is -0.860. The van der Waals surface area contributed by atoms with Gasteiger partial charge in [0.2, 0.25) is 0 Å². The molecule has 0 amide bonds. The lowest BCUT2D eigenvalue weighted by Gasteiger charge is -2.27. The van der Waals surface area contributed by atoms with Gasteiger partial charge in [-0.2, -0.15) is 0 Å². The van der Waals surface area contributed by atoms with Gasteiger partial charge in [-0.3, -0.25) is 0 Å². The molecule has 2 nitrogen and oxygen atoms in total. The van der Waals surface area contributed by atoms with Gasteiger partial charge < -0.3 is 10.2 Å². The van der Waals surface area contributed by atoms with Crippen molar-refractivity contribution in [1.82, 2.24) is 10.2 Å². The van der Waals surface area contributed by atoms with Gasteiger partial charge in [0, 0.05) is 32.7 Å². The fourth-order valence-electron chi connectivity index (χ4n) is 3.79. The van der Waals surface area contributed by atoms with Crippen LogP contribution in [0.2, 0.25) is 0 Å². The van der Waals surface area contributed by atoms with Crippen LogP contribution in [0.4, 0.5) is 0 Å². The van der Waals surface area contributed by atoms with Gasteiger partial charge in [0.05, 0.1) is 0 Å². The third kappa shape index (κ3) is 4.55. The minimum Gasteiger partial charge on any atom is -0.314 e. The number of nitrogens with zero attached hydrogens (tertiary/aromatic N) is 1. The second-order valence-electron chi connectivity index (χ2n) is 6.77. The lowest BCUT2D eigenvalue weighted by Crippen LogP contribution is -2.44. The van der Waals surface area contributed by atoms with E-state index < -0.39 is 0 Å². The molecule has 1 aliphatic heterocycles. The quantitative estimate of drug-likeness (QED) is 0.851. The van der Waals surface area contributed by atoms with E-state index in [1.807, 2.05) is 0 Å². The molecule has 1 aromatic rings. The summed E-state index contributed by atoms with van der Waals surface area (Å²) in [5.41, 5.74) is 3.09. The molecule has 2 heteroatoms. The Morgan fingerprint density at radius 3 is 2.24 bits per heavy atom. The van der Waals surface area contributed by atoms with E-state index in [4.69, 9.17) is 0 Å². The maximum atomic E-state index is 3.42. The normalized spacial score (nSPS) is 22.1. The van der Waals surface area contributed by atoms with E-state index in [9.17, 15) is 0 Å². The van der Waals surface area contributed by atoms with E-state index in [2.05, 4.69) is 34.5 Å². The summed E-state index contributed by atoms with van der Waals surface area (Å²) in [6.45, 7) is 5.94. The average Bonchev–Trinajstić information content (AvgIpc) is 2.84. The summed E-state index contributed by atoms with van der Waals surface area (Å²) in [6.07, 6.45) is 9.74. The first-order valence-corrected chi connectivity index (χ1v) is 8.94. The van der Waals surface area contributed by atoms with Crippen molar-refractivity contribution in [3.63, 3.8) is 0 Å². The smallest absolute Gasteiger partial charge is 0.0108 e. The molecule has 0 spiro atoms. The van der Waals surface area contributed by atoms with Crippen LogP contribution in [-0.2, 0) is 6.42 Å². The van der Waals surface area contributed by atoms with E-state index in [1.54, 1.807) is 5.56 Å². The van der Waals surface area contributed by atoms with Gasteiger partial charge in [-0.1, -0.05) is 49.9 Å². The minimum atomic E-state index is 0.828. The molecule has 0 radical (unpaired) electrons. The molecule has 1 N–H and O–H groups in total. The molecule has 1 aromatic carbocycles. The Bertz CT molecular complexity index is 398. The molecule has 21 heavy (non-hydrogen) atoms. The van der Waals surface area contributed by atoms with Crippen LogP contribution in [0.3, 0.4) is 0 Å². The summed E-state index contributed by atoms with van der Waals surface area (Å²) >= 11 is 0. The monoisotopic (exact) mass is 286 g/mol. The minimum absolute atomic E-state index is 0.828. The van der Waals surface area contributed by atoms with E-state index in [1.165, 1.54) is 70.1 Å². The van der Waals surface area contributed by atoms with E-state index in [0.717, 1.165) is 19.0 Å². The lowest BCUT2D eigenvalue weighted by atomic mass is 9.91. The number of nitrogens with one attached hydrogen (secondary N) is 1. The number of piperazine rings is 1. The molecule has 1 saturated heterocycles. The molecule has 3 rings (SSSR count). The van der Waals surface area contributed by atoms with E-state index in [-0.39, 0.29) is 0 Å². The Morgan fingerprint density at radius 2 is 1.57 bits per heavy atom. The lowest BCUT2D eigenvalue weighted by molar-refractivity contribution is 0.244. The van der Waals surface area contributed by atoms with Crippen LogP contribution < -0.4 is 5.32 Å². The molecule has 2 aliphatic rings. The summed E-state index contributed by atoms with van der Waals surface area (Å²) in [6, 6.07) is 9.57. The fourth-order valence-corrected chi connectivity index (χ4v) is 3.79. The molecule has 0 bridgehead atoms. The van der Waals surface area contributed by atoms with Crippen molar-refractivity contribution >= 4 is 0 Å². The van der Waals surface area contributed by atoms with Gasteiger partial charge in [0.25, 0.3) is 0 Å². The second-order valence-corrected chi connectivity index (χ2v) is 6.77. The summed E-state index contributed by atoms with van der Waals surface area (Å²) in [4.78, 5) is 2.58. The topological polar surface area (TPSA) is 15.3 Å². The Balaban J connectivity index is 1.51. The Labute approximate surface area is 129 Å². The molecule has 116 valence electrons. The summed E-state index contributed by atoms with van der Waals surface area (Å²) in [5, 5.41) is 3.42. The zero-order valence-electron chi connectivity index (χ0n) is 13.3. The van der Waals surface area contributed by atoms with Crippen molar-refractivity contribution in [1.29, 1.82) is 0 Å². The highest BCUT2D eigenvalue weighted by Crippen LogP contribution is 2.31. The second kappa shape index (κ2) is 7.95. The molecular weight excluding hydrogens is 256 g/mol. The van der Waals surface area contributed by atoms with Crippen molar-refractivity contribution in [3.8, 4) is 0 Å². The first-order valence-electron chi connectivity index (χ1n) is 8.94. The predicted octanol–water partition coefficient (Wildman–Crippen LogP) is 3.57. The summed E-state index contributed by atoms with van der Waals surface area (Å²) in [7, 11) is 0. The standard InChI is InChI=1S/C19H30N2/c1-2-4-6-18(5-3-1)19-9-7-17(8-10-19)11-14-21-15-12-20-13-16-21/h7-10,18,20H,1-6,11-16H2. The van der Waals surface area contributed by atoms with Gasteiger partial charge in [0.1, 0.15) is 0 Å². The van der Waals surface area contributed by atoms with Gasteiger partial charge in [-0.05, 0) is 36.3 Å². The van der Waals surface area contributed by atoms with Crippen LogP contribution in [0.15, 0.2) is 24.3 Å². The van der Waals surface area contributed by atoms with Crippen LogP contribution in [0, 0.1) is 0 Å². The largest absolute Gasteiger partial charge is 0.314 e. The van der Waals surface area contributed by atoms with Crippen LogP contribution >= 0.6 is 0 Å². The first kappa shape index (κ1) is 15.1. The highest BCUT2D eigenvalue weighted by molar-refractivity contribution is 5.25. The molecule has 1 saturated carbocycles. The van der Waals surface area contributed by atoms with Gasteiger partial charge >= 0.3 is 0 Å². The average molecular weight is 286 g/mol. The van der Waals surface area contributed by atoms with E-state index >= 15 is 0 Å². The summed E-state index contributed by atoms with van der Waals surface area (Å²) in [5.74, 6) is 0.828. The van der Waals surface area contributed by atoms with Crippen molar-refractivity contribution in [3.05, 3.63) is 35.4 Å². The zero-order chi connectivity index (χ0) is 14.3.